The predicted molar refractivity (Wildman–Crippen MR) is 118 cm³/mol. The van der Waals surface area contributed by atoms with Gasteiger partial charge in [0, 0.05) is 0 Å². The summed E-state index contributed by atoms with van der Waals surface area (Å²) in [5, 5.41) is 3.30. The van der Waals surface area contributed by atoms with Crippen LogP contribution >= 0.6 is 0 Å². The normalized spacial score (nSPS) is 13.9. The van der Waals surface area contributed by atoms with Crippen LogP contribution in [0.3, 0.4) is 0 Å². The lowest BCUT2D eigenvalue weighted by atomic mass is 9.89. The molecule has 0 aliphatic carbocycles. The molecule has 0 saturated carbocycles. The van der Waals surface area contributed by atoms with Crippen LogP contribution in [0.1, 0.15) is 42.5 Å². The van der Waals surface area contributed by atoms with Gasteiger partial charge in [0.25, 0.3) is 0 Å². The van der Waals surface area contributed by atoms with E-state index in [2.05, 4.69) is 19.2 Å². The maximum atomic E-state index is 13.6. The van der Waals surface area contributed by atoms with Crippen molar-refractivity contribution in [1.82, 2.24) is 5.32 Å². The minimum absolute atomic E-state index is 0.0130. The van der Waals surface area contributed by atoms with Gasteiger partial charge in [0.1, 0.15) is 13.2 Å². The van der Waals surface area contributed by atoms with E-state index in [1.54, 1.807) is 0 Å². The quantitative estimate of drug-likeness (QED) is 0.625. The second-order valence-electron chi connectivity index (χ2n) is 7.89. The lowest BCUT2D eigenvalue weighted by molar-refractivity contribution is -0.122. The van der Waals surface area contributed by atoms with E-state index in [0.29, 0.717) is 13.2 Å². The summed E-state index contributed by atoms with van der Waals surface area (Å²) >= 11 is 0. The molecule has 0 radical (unpaired) electrons. The SMILES string of the molecule is CC(C)C(NC(=O)C(c1ccccc1)c1ccccc1)c1ccc2c(c1)OCCO2. The molecule has 4 rings (SSSR count). The minimum atomic E-state index is -0.370. The van der Waals surface area contributed by atoms with E-state index in [1.807, 2.05) is 78.9 Å². The van der Waals surface area contributed by atoms with Crippen molar-refractivity contribution < 1.29 is 14.3 Å². The molecule has 1 aliphatic rings. The van der Waals surface area contributed by atoms with Gasteiger partial charge in [-0.2, -0.15) is 0 Å². The first-order valence-corrected chi connectivity index (χ1v) is 10.4. The number of fused-ring (bicyclic) bond motifs is 1. The molecule has 0 aromatic heterocycles. The third kappa shape index (κ3) is 4.33. The van der Waals surface area contributed by atoms with Gasteiger partial charge in [-0.25, -0.2) is 0 Å². The average molecular weight is 402 g/mol. The molecule has 0 bridgehead atoms. The van der Waals surface area contributed by atoms with E-state index in [0.717, 1.165) is 28.2 Å². The lowest BCUT2D eigenvalue weighted by Gasteiger charge is -2.27. The fourth-order valence-electron chi connectivity index (χ4n) is 3.91. The van der Waals surface area contributed by atoms with Crippen LogP contribution in [0.2, 0.25) is 0 Å². The molecule has 4 nitrogen and oxygen atoms in total. The van der Waals surface area contributed by atoms with Crippen molar-refractivity contribution in [3.63, 3.8) is 0 Å². The first-order valence-electron chi connectivity index (χ1n) is 10.4. The molecule has 3 aromatic rings. The highest BCUT2D eigenvalue weighted by molar-refractivity contribution is 5.87. The Morgan fingerprint density at radius 3 is 1.90 bits per heavy atom. The Labute approximate surface area is 177 Å². The van der Waals surface area contributed by atoms with E-state index >= 15 is 0 Å². The van der Waals surface area contributed by atoms with Gasteiger partial charge in [0.05, 0.1) is 12.0 Å². The van der Waals surface area contributed by atoms with Crippen LogP contribution in [-0.2, 0) is 4.79 Å². The van der Waals surface area contributed by atoms with Crippen molar-refractivity contribution in [2.24, 2.45) is 5.92 Å². The van der Waals surface area contributed by atoms with E-state index in [-0.39, 0.29) is 23.8 Å². The Morgan fingerprint density at radius 2 is 1.33 bits per heavy atom. The van der Waals surface area contributed by atoms with Gasteiger partial charge >= 0.3 is 0 Å². The molecule has 1 amide bonds. The van der Waals surface area contributed by atoms with Crippen molar-refractivity contribution in [3.05, 3.63) is 95.6 Å². The summed E-state index contributed by atoms with van der Waals surface area (Å²) in [7, 11) is 0. The molecular weight excluding hydrogens is 374 g/mol. The number of amides is 1. The number of benzene rings is 3. The zero-order valence-corrected chi connectivity index (χ0v) is 17.4. The van der Waals surface area contributed by atoms with Gasteiger partial charge in [-0.3, -0.25) is 4.79 Å². The third-order valence-electron chi connectivity index (χ3n) is 5.42. The summed E-state index contributed by atoms with van der Waals surface area (Å²) in [6.45, 7) is 5.33. The highest BCUT2D eigenvalue weighted by Crippen LogP contribution is 2.35. The summed E-state index contributed by atoms with van der Waals surface area (Å²) in [4.78, 5) is 13.6. The van der Waals surface area contributed by atoms with Gasteiger partial charge in [-0.15, -0.1) is 0 Å². The largest absolute Gasteiger partial charge is 0.486 e. The van der Waals surface area contributed by atoms with Crippen LogP contribution in [-0.4, -0.2) is 19.1 Å². The Bertz CT molecular complexity index is 946. The second kappa shape index (κ2) is 9.04. The number of hydrogen-bond acceptors (Lipinski definition) is 3. The second-order valence-corrected chi connectivity index (χ2v) is 7.89. The maximum Gasteiger partial charge on any atom is 0.232 e. The summed E-state index contributed by atoms with van der Waals surface area (Å²) in [5.74, 6) is 1.32. The molecule has 1 heterocycles. The first-order chi connectivity index (χ1) is 14.6. The molecule has 0 spiro atoms. The van der Waals surface area contributed by atoms with E-state index in [4.69, 9.17) is 9.47 Å². The maximum absolute atomic E-state index is 13.6. The Kier molecular flexibility index (Phi) is 6.03. The van der Waals surface area contributed by atoms with Crippen LogP contribution < -0.4 is 14.8 Å². The van der Waals surface area contributed by atoms with E-state index < -0.39 is 0 Å². The number of carbonyl (C=O) groups excluding carboxylic acids is 1. The summed E-state index contributed by atoms with van der Waals surface area (Å²) in [6.07, 6.45) is 0. The number of carbonyl (C=O) groups is 1. The molecule has 154 valence electrons. The topological polar surface area (TPSA) is 47.6 Å². The van der Waals surface area contributed by atoms with E-state index in [1.165, 1.54) is 0 Å². The highest BCUT2D eigenvalue weighted by atomic mass is 16.6. The zero-order valence-electron chi connectivity index (χ0n) is 17.4. The molecule has 1 atom stereocenters. The fourth-order valence-corrected chi connectivity index (χ4v) is 3.91. The summed E-state index contributed by atoms with van der Waals surface area (Å²) in [6, 6.07) is 25.6. The number of ether oxygens (including phenoxy) is 2. The van der Waals surface area contributed by atoms with Gasteiger partial charge in [-0.05, 0) is 34.7 Å². The van der Waals surface area contributed by atoms with Gasteiger partial charge in [0.15, 0.2) is 11.5 Å². The van der Waals surface area contributed by atoms with Crippen molar-refractivity contribution in [2.45, 2.75) is 25.8 Å². The number of rotatable bonds is 6. The molecule has 1 aliphatic heterocycles. The third-order valence-corrected chi connectivity index (χ3v) is 5.42. The summed E-state index contributed by atoms with van der Waals surface area (Å²) < 4.78 is 11.4. The molecule has 4 heteroatoms. The van der Waals surface area contributed by atoms with Crippen molar-refractivity contribution >= 4 is 5.91 Å². The van der Waals surface area contributed by atoms with Gasteiger partial charge in [0.2, 0.25) is 5.91 Å². The molecule has 30 heavy (non-hydrogen) atoms. The van der Waals surface area contributed by atoms with Crippen LogP contribution in [0.5, 0.6) is 11.5 Å². The Balaban J connectivity index is 1.64. The molecule has 0 saturated heterocycles. The first kappa shape index (κ1) is 20.0. The predicted octanol–water partition coefficient (Wildman–Crippen LogP) is 5.10. The van der Waals surface area contributed by atoms with Crippen LogP contribution in [0.4, 0.5) is 0 Å². The molecular formula is C26H27NO3. The van der Waals surface area contributed by atoms with Gasteiger partial charge in [-0.1, -0.05) is 80.6 Å². The van der Waals surface area contributed by atoms with Crippen molar-refractivity contribution in [2.75, 3.05) is 13.2 Å². The van der Waals surface area contributed by atoms with Crippen LogP contribution in [0.25, 0.3) is 0 Å². The molecule has 1 N–H and O–H groups in total. The Hall–Kier alpha value is -3.27. The molecule has 1 unspecified atom stereocenters. The van der Waals surface area contributed by atoms with E-state index in [9.17, 15) is 4.79 Å². The minimum Gasteiger partial charge on any atom is -0.486 e. The average Bonchev–Trinajstić information content (AvgIpc) is 2.78. The monoisotopic (exact) mass is 401 g/mol. The van der Waals surface area contributed by atoms with Crippen molar-refractivity contribution in [1.29, 1.82) is 0 Å². The number of hydrogen-bond donors (Lipinski definition) is 1. The molecule has 3 aromatic carbocycles. The van der Waals surface area contributed by atoms with Gasteiger partial charge < -0.3 is 14.8 Å². The lowest BCUT2D eigenvalue weighted by Crippen LogP contribution is -2.36. The van der Waals surface area contributed by atoms with Crippen molar-refractivity contribution in [3.8, 4) is 11.5 Å². The van der Waals surface area contributed by atoms with Crippen LogP contribution in [0.15, 0.2) is 78.9 Å². The molecule has 0 fully saturated rings. The Morgan fingerprint density at radius 1 is 0.767 bits per heavy atom. The number of nitrogens with one attached hydrogen (secondary N) is 1. The fraction of sp³-hybridized carbons (Fsp3) is 0.269. The highest BCUT2D eigenvalue weighted by Gasteiger charge is 2.27. The smallest absolute Gasteiger partial charge is 0.232 e. The summed E-state index contributed by atoms with van der Waals surface area (Å²) in [5.41, 5.74) is 2.97. The van der Waals surface area contributed by atoms with Crippen LogP contribution in [0, 0.1) is 5.92 Å². The standard InChI is InChI=1S/C26H27NO3/c1-18(2)25(21-13-14-22-23(17-21)30-16-15-29-22)27-26(28)24(19-9-5-3-6-10-19)20-11-7-4-8-12-20/h3-14,17-18,24-25H,15-16H2,1-2H3,(H,27,28). The zero-order chi connectivity index (χ0) is 20.9.